The second-order valence-electron chi connectivity index (χ2n) is 10.1. The van der Waals surface area contributed by atoms with Crippen molar-refractivity contribution in [3.63, 3.8) is 0 Å². The molecule has 0 aliphatic carbocycles. The summed E-state index contributed by atoms with van der Waals surface area (Å²) in [6.07, 6.45) is 9.01. The quantitative estimate of drug-likeness (QED) is 0.221. The van der Waals surface area contributed by atoms with Crippen molar-refractivity contribution in [3.8, 4) is 0 Å². The van der Waals surface area contributed by atoms with Gasteiger partial charge in [-0.2, -0.15) is 4.57 Å². The van der Waals surface area contributed by atoms with Crippen LogP contribution < -0.4 is 9.47 Å². The zero-order chi connectivity index (χ0) is 29.5. The molecule has 1 aliphatic rings. The number of hydrogen-bond acceptors (Lipinski definition) is 3. The number of anilines is 1. The average Bonchev–Trinajstić information content (AvgIpc) is 3.01. The summed E-state index contributed by atoms with van der Waals surface area (Å²) in [6, 6.07) is 14.2. The van der Waals surface area contributed by atoms with Gasteiger partial charge in [-0.1, -0.05) is 0 Å². The van der Waals surface area contributed by atoms with Gasteiger partial charge in [-0.25, -0.2) is 0 Å². The molecule has 6 nitrogen and oxygen atoms in total. The summed E-state index contributed by atoms with van der Waals surface area (Å²) >= 11 is 0. The lowest BCUT2D eigenvalue weighted by Crippen LogP contribution is -2.33. The Morgan fingerprint density at radius 3 is 2.10 bits per heavy atom. The van der Waals surface area contributed by atoms with Crippen LogP contribution in [0.1, 0.15) is 73.4 Å². The SMILES string of the molecule is CCN(CC)C(=O)c1ccc2c(c1)C(=C=CCc1cc[n+](CC)c3ccc(C(=O)N(CC)CC)cc13)C=CN2CC. The standard InChI is InChI=1S/C35H43N4O2/c1-7-36(8-2)34(40)28-16-18-32-30(24-28)26(20-22-38(32)11-5)14-13-15-27-21-23-39(12-6)33-19-17-29(25-31(27)33)35(41)37(9-3)10-4/h13,16-25H,7-12,14H2,1-6H3/q+1. The van der Waals surface area contributed by atoms with E-state index in [-0.39, 0.29) is 11.8 Å². The number of amides is 2. The van der Waals surface area contributed by atoms with Crippen molar-refractivity contribution in [2.45, 2.75) is 54.5 Å². The molecule has 0 saturated heterocycles. The third-order valence-corrected chi connectivity index (χ3v) is 7.98. The summed E-state index contributed by atoms with van der Waals surface area (Å²) < 4.78 is 2.21. The van der Waals surface area contributed by atoms with E-state index in [1.807, 2.05) is 67.8 Å². The lowest BCUT2D eigenvalue weighted by atomic mass is 9.97. The minimum Gasteiger partial charge on any atom is -0.348 e. The second kappa shape index (κ2) is 13.5. The predicted octanol–water partition coefficient (Wildman–Crippen LogP) is 6.25. The van der Waals surface area contributed by atoms with Crippen LogP contribution in [0.4, 0.5) is 5.69 Å². The van der Waals surface area contributed by atoms with Crippen LogP contribution in [0, 0.1) is 0 Å². The molecule has 2 aromatic carbocycles. The summed E-state index contributed by atoms with van der Waals surface area (Å²) in [4.78, 5) is 32.1. The number of rotatable bonds is 10. The van der Waals surface area contributed by atoms with E-state index in [9.17, 15) is 9.59 Å². The second-order valence-corrected chi connectivity index (χ2v) is 10.1. The fraction of sp³-hybridized carbons (Fsp3) is 0.371. The molecule has 214 valence electrons. The lowest BCUT2D eigenvalue weighted by Gasteiger charge is -2.27. The Bertz CT molecular complexity index is 1520. The molecule has 0 spiro atoms. The molecule has 1 aliphatic heterocycles. The van der Waals surface area contributed by atoms with Crippen LogP contribution in [-0.2, 0) is 13.0 Å². The zero-order valence-electron chi connectivity index (χ0n) is 25.4. The molecule has 0 unspecified atom stereocenters. The van der Waals surface area contributed by atoms with E-state index in [2.05, 4.69) is 65.7 Å². The number of aromatic nitrogens is 1. The molecular formula is C35H43N4O2+. The summed E-state index contributed by atoms with van der Waals surface area (Å²) in [5, 5.41) is 1.08. The summed E-state index contributed by atoms with van der Waals surface area (Å²) in [7, 11) is 0. The number of benzene rings is 2. The van der Waals surface area contributed by atoms with Gasteiger partial charge in [-0.05, 0) is 96.0 Å². The first kappa shape index (κ1) is 29.8. The molecule has 0 N–H and O–H groups in total. The Hall–Kier alpha value is -4.15. The van der Waals surface area contributed by atoms with Gasteiger partial charge in [-0.3, -0.25) is 9.59 Å². The first-order valence-electron chi connectivity index (χ1n) is 15.0. The van der Waals surface area contributed by atoms with Crippen LogP contribution in [-0.4, -0.2) is 54.3 Å². The Kier molecular flexibility index (Phi) is 9.80. The van der Waals surface area contributed by atoms with E-state index in [4.69, 9.17) is 0 Å². The third-order valence-electron chi connectivity index (χ3n) is 7.98. The van der Waals surface area contributed by atoms with E-state index < -0.39 is 0 Å². The number of aryl methyl sites for hydroxylation is 1. The van der Waals surface area contributed by atoms with Crippen LogP contribution in [0.2, 0.25) is 0 Å². The number of nitrogens with zero attached hydrogens (tertiary/aromatic N) is 4. The van der Waals surface area contributed by atoms with Gasteiger partial charge in [0.15, 0.2) is 6.20 Å². The molecule has 0 radical (unpaired) electrons. The number of allylic oxidation sites excluding steroid dienone is 2. The van der Waals surface area contributed by atoms with Crippen LogP contribution in [0.5, 0.6) is 0 Å². The summed E-state index contributed by atoms with van der Waals surface area (Å²) in [5.41, 5.74) is 10.3. The molecule has 0 saturated carbocycles. The number of carbonyl (C=O) groups excluding carboxylic acids is 2. The van der Waals surface area contributed by atoms with Gasteiger partial charge in [-0.15, -0.1) is 5.73 Å². The van der Waals surface area contributed by atoms with E-state index in [0.717, 1.165) is 46.4 Å². The fourth-order valence-corrected chi connectivity index (χ4v) is 5.51. The van der Waals surface area contributed by atoms with E-state index >= 15 is 0 Å². The maximum absolute atomic E-state index is 13.1. The Morgan fingerprint density at radius 1 is 0.854 bits per heavy atom. The van der Waals surface area contributed by atoms with Gasteiger partial charge < -0.3 is 14.7 Å². The maximum Gasteiger partial charge on any atom is 0.253 e. The van der Waals surface area contributed by atoms with Crippen LogP contribution in [0.15, 0.2) is 72.7 Å². The highest BCUT2D eigenvalue weighted by molar-refractivity contribution is 5.99. The zero-order valence-corrected chi connectivity index (χ0v) is 25.4. The molecule has 4 rings (SSSR count). The summed E-state index contributed by atoms with van der Waals surface area (Å²) in [5.74, 6) is 0.112. The smallest absolute Gasteiger partial charge is 0.253 e. The van der Waals surface area contributed by atoms with Gasteiger partial charge in [0.25, 0.3) is 11.8 Å². The Labute approximate surface area is 244 Å². The molecule has 0 atom stereocenters. The van der Waals surface area contributed by atoms with Crippen LogP contribution in [0.25, 0.3) is 16.5 Å². The van der Waals surface area contributed by atoms with Crippen molar-refractivity contribution in [1.82, 2.24) is 9.80 Å². The minimum absolute atomic E-state index is 0.0498. The predicted molar refractivity (Wildman–Crippen MR) is 168 cm³/mol. The molecule has 6 heteroatoms. The van der Waals surface area contributed by atoms with Crippen molar-refractivity contribution in [1.29, 1.82) is 0 Å². The first-order chi connectivity index (χ1) is 19.9. The number of hydrogen-bond donors (Lipinski definition) is 0. The topological polar surface area (TPSA) is 47.7 Å². The Balaban J connectivity index is 1.75. The largest absolute Gasteiger partial charge is 0.348 e. The molecule has 0 fully saturated rings. The van der Waals surface area contributed by atoms with Gasteiger partial charge in [0, 0.05) is 79.0 Å². The lowest BCUT2D eigenvalue weighted by molar-refractivity contribution is -0.667. The van der Waals surface area contributed by atoms with E-state index in [1.54, 1.807) is 0 Å². The molecule has 0 bridgehead atoms. The van der Waals surface area contributed by atoms with Crippen LogP contribution >= 0.6 is 0 Å². The van der Waals surface area contributed by atoms with Crippen molar-refractivity contribution in [3.05, 3.63) is 95.0 Å². The minimum atomic E-state index is 0.0498. The average molecular weight is 552 g/mol. The Morgan fingerprint density at radius 2 is 1.49 bits per heavy atom. The van der Waals surface area contributed by atoms with Crippen molar-refractivity contribution in [2.75, 3.05) is 37.6 Å². The van der Waals surface area contributed by atoms with E-state index in [1.165, 1.54) is 0 Å². The van der Waals surface area contributed by atoms with Crippen molar-refractivity contribution >= 4 is 34.0 Å². The highest BCUT2D eigenvalue weighted by Gasteiger charge is 2.20. The molecular weight excluding hydrogens is 508 g/mol. The first-order valence-corrected chi connectivity index (χ1v) is 15.0. The number of fused-ring (bicyclic) bond motifs is 2. The molecule has 2 amide bonds. The van der Waals surface area contributed by atoms with Gasteiger partial charge >= 0.3 is 0 Å². The number of carbonyl (C=O) groups is 2. The maximum atomic E-state index is 13.1. The normalized spacial score (nSPS) is 12.2. The van der Waals surface area contributed by atoms with Gasteiger partial charge in [0.2, 0.25) is 5.52 Å². The van der Waals surface area contributed by atoms with Crippen molar-refractivity contribution in [2.24, 2.45) is 0 Å². The third kappa shape index (κ3) is 6.13. The highest BCUT2D eigenvalue weighted by atomic mass is 16.2. The van der Waals surface area contributed by atoms with Gasteiger partial charge in [0.1, 0.15) is 6.54 Å². The molecule has 2 heterocycles. The fourth-order valence-electron chi connectivity index (χ4n) is 5.51. The van der Waals surface area contributed by atoms with E-state index in [0.29, 0.717) is 43.7 Å². The molecule has 1 aromatic heterocycles. The summed E-state index contributed by atoms with van der Waals surface area (Å²) in [6.45, 7) is 16.7. The van der Waals surface area contributed by atoms with Gasteiger partial charge in [0.05, 0.1) is 5.39 Å². The monoisotopic (exact) mass is 551 g/mol. The number of pyridine rings is 1. The van der Waals surface area contributed by atoms with Crippen LogP contribution in [0.3, 0.4) is 0 Å². The molecule has 3 aromatic rings. The highest BCUT2D eigenvalue weighted by Crippen LogP contribution is 2.33. The van der Waals surface area contributed by atoms with Crippen molar-refractivity contribution < 1.29 is 14.2 Å². The molecule has 41 heavy (non-hydrogen) atoms.